The van der Waals surface area contributed by atoms with E-state index in [-0.39, 0.29) is 5.97 Å². The van der Waals surface area contributed by atoms with Gasteiger partial charge < -0.3 is 14.5 Å². The third-order valence-corrected chi connectivity index (χ3v) is 5.98. The maximum Gasteiger partial charge on any atom is 0.330 e. The van der Waals surface area contributed by atoms with Crippen molar-refractivity contribution in [2.75, 3.05) is 13.7 Å². The van der Waals surface area contributed by atoms with Gasteiger partial charge in [-0.3, -0.25) is 0 Å². The van der Waals surface area contributed by atoms with Crippen LogP contribution in [0, 0.1) is 0 Å². The molecule has 34 heavy (non-hydrogen) atoms. The van der Waals surface area contributed by atoms with Gasteiger partial charge in [-0.1, -0.05) is 66.7 Å². The van der Waals surface area contributed by atoms with E-state index in [1.807, 2.05) is 36.4 Å². The number of carbonyl (C=O) groups is 1. The molecule has 5 rings (SSSR count). The van der Waals surface area contributed by atoms with Crippen LogP contribution in [0.25, 0.3) is 50.1 Å². The fourth-order valence-corrected chi connectivity index (χ4v) is 4.43. The van der Waals surface area contributed by atoms with E-state index >= 15 is 0 Å². The number of ether oxygens (including phenoxy) is 2. The summed E-state index contributed by atoms with van der Waals surface area (Å²) in [4.78, 5) is 15.6. The Labute approximate surface area is 198 Å². The van der Waals surface area contributed by atoms with Crippen molar-refractivity contribution in [1.82, 2.24) is 4.98 Å². The predicted octanol–water partition coefficient (Wildman–Crippen LogP) is 7.24. The Balaban J connectivity index is 1.79. The van der Waals surface area contributed by atoms with Gasteiger partial charge in [0.15, 0.2) is 0 Å². The Morgan fingerprint density at radius 3 is 2.47 bits per heavy atom. The van der Waals surface area contributed by atoms with E-state index in [4.69, 9.17) is 9.47 Å². The summed E-state index contributed by atoms with van der Waals surface area (Å²) in [6.07, 6.45) is 3.29. The monoisotopic (exact) mass is 447 g/mol. The molecule has 0 amide bonds. The number of carbonyl (C=O) groups excluding carboxylic acids is 1. The molecule has 0 aliphatic heterocycles. The van der Waals surface area contributed by atoms with Crippen molar-refractivity contribution in [1.29, 1.82) is 0 Å². The van der Waals surface area contributed by atoms with Crippen molar-refractivity contribution in [3.05, 3.63) is 96.6 Å². The normalized spacial score (nSPS) is 11.4. The molecule has 1 heterocycles. The number of methoxy groups -OCH3 is 1. The summed E-state index contributed by atoms with van der Waals surface area (Å²) in [6.45, 7) is 2.15. The number of fused-ring (bicyclic) bond motifs is 3. The van der Waals surface area contributed by atoms with Gasteiger partial charge in [0, 0.05) is 28.1 Å². The molecule has 5 aromatic rings. The van der Waals surface area contributed by atoms with E-state index in [1.54, 1.807) is 14.0 Å². The lowest BCUT2D eigenvalue weighted by Gasteiger charge is -2.10. The topological polar surface area (TPSA) is 51.3 Å². The second kappa shape index (κ2) is 9.28. The fourth-order valence-electron chi connectivity index (χ4n) is 4.43. The Morgan fingerprint density at radius 2 is 1.68 bits per heavy atom. The first-order valence-electron chi connectivity index (χ1n) is 11.3. The van der Waals surface area contributed by atoms with E-state index in [0.29, 0.717) is 6.61 Å². The van der Waals surface area contributed by atoms with Crippen LogP contribution in [0.4, 0.5) is 0 Å². The van der Waals surface area contributed by atoms with Crippen molar-refractivity contribution in [2.24, 2.45) is 0 Å². The molecule has 168 valence electrons. The van der Waals surface area contributed by atoms with Crippen molar-refractivity contribution >= 4 is 33.7 Å². The summed E-state index contributed by atoms with van der Waals surface area (Å²) in [7, 11) is 1.67. The van der Waals surface area contributed by atoms with Gasteiger partial charge in [0.05, 0.1) is 19.4 Å². The standard InChI is InChI=1S/C30H25NO3/c1-3-34-27(32)19-15-21-9-5-7-11-25(21)30-28(22-12-16-23(33-2)17-13-22)29-24-10-6-4-8-20(24)14-18-26(29)31-30/h4-19,31H,3H2,1-2H3/b19-15-. The molecule has 0 saturated heterocycles. The molecule has 1 N–H and O–H groups in total. The van der Waals surface area contributed by atoms with Crippen LogP contribution >= 0.6 is 0 Å². The molecule has 0 radical (unpaired) electrons. The third-order valence-electron chi connectivity index (χ3n) is 5.98. The highest BCUT2D eigenvalue weighted by atomic mass is 16.5. The number of nitrogens with one attached hydrogen (secondary N) is 1. The number of H-pyrrole nitrogens is 1. The van der Waals surface area contributed by atoms with Crippen molar-refractivity contribution in [3.8, 4) is 28.1 Å². The lowest BCUT2D eigenvalue weighted by molar-refractivity contribution is -0.137. The van der Waals surface area contributed by atoms with Gasteiger partial charge in [-0.05, 0) is 53.1 Å². The van der Waals surface area contributed by atoms with Gasteiger partial charge in [-0.15, -0.1) is 0 Å². The predicted molar refractivity (Wildman–Crippen MR) is 139 cm³/mol. The molecule has 0 saturated carbocycles. The van der Waals surface area contributed by atoms with Crippen molar-refractivity contribution in [3.63, 3.8) is 0 Å². The minimum atomic E-state index is -0.352. The van der Waals surface area contributed by atoms with Crippen LogP contribution in [-0.4, -0.2) is 24.7 Å². The summed E-state index contributed by atoms with van der Waals surface area (Å²) < 4.78 is 10.5. The van der Waals surface area contributed by atoms with Gasteiger partial charge in [0.25, 0.3) is 0 Å². The van der Waals surface area contributed by atoms with Crippen LogP contribution in [0.3, 0.4) is 0 Å². The molecule has 0 aliphatic rings. The molecule has 0 spiro atoms. The highest BCUT2D eigenvalue weighted by molar-refractivity contribution is 6.17. The number of aromatic nitrogens is 1. The quantitative estimate of drug-likeness (QED) is 0.220. The molecule has 0 bridgehead atoms. The minimum absolute atomic E-state index is 0.349. The average molecular weight is 448 g/mol. The lowest BCUT2D eigenvalue weighted by atomic mass is 9.93. The molecule has 0 aliphatic carbocycles. The van der Waals surface area contributed by atoms with Gasteiger partial charge in [-0.2, -0.15) is 0 Å². The molecule has 0 atom stereocenters. The SMILES string of the molecule is CCOC(=O)/C=C\c1ccccc1-c1[nH]c2ccc3ccccc3c2c1-c1ccc(OC)cc1. The summed E-state index contributed by atoms with van der Waals surface area (Å²) in [5.74, 6) is 0.461. The van der Waals surface area contributed by atoms with Crippen LogP contribution in [-0.2, 0) is 9.53 Å². The molecule has 1 aromatic heterocycles. The number of benzene rings is 4. The van der Waals surface area contributed by atoms with Crippen LogP contribution in [0.15, 0.2) is 91.0 Å². The highest BCUT2D eigenvalue weighted by Crippen LogP contribution is 2.43. The van der Waals surface area contributed by atoms with Crippen LogP contribution in [0.1, 0.15) is 12.5 Å². The van der Waals surface area contributed by atoms with E-state index in [2.05, 4.69) is 59.6 Å². The Hall–Kier alpha value is -4.31. The van der Waals surface area contributed by atoms with Crippen molar-refractivity contribution in [2.45, 2.75) is 6.92 Å². The maximum absolute atomic E-state index is 12.0. The summed E-state index contributed by atoms with van der Waals surface area (Å²) >= 11 is 0. The van der Waals surface area contributed by atoms with E-state index in [9.17, 15) is 4.79 Å². The summed E-state index contributed by atoms with van der Waals surface area (Å²) in [5, 5.41) is 3.54. The maximum atomic E-state index is 12.0. The highest BCUT2D eigenvalue weighted by Gasteiger charge is 2.19. The first-order valence-corrected chi connectivity index (χ1v) is 11.3. The Morgan fingerprint density at radius 1 is 0.912 bits per heavy atom. The first kappa shape index (κ1) is 21.5. The number of hydrogen-bond donors (Lipinski definition) is 1. The molecule has 4 nitrogen and oxygen atoms in total. The Kier molecular flexibility index (Phi) is 5.88. The summed E-state index contributed by atoms with van der Waals surface area (Å²) in [5.41, 5.74) is 6.20. The van der Waals surface area contributed by atoms with Crippen LogP contribution < -0.4 is 4.74 Å². The second-order valence-electron chi connectivity index (χ2n) is 7.99. The molecule has 4 aromatic carbocycles. The third kappa shape index (κ3) is 3.95. The molecular formula is C30H25NO3. The fraction of sp³-hybridized carbons (Fsp3) is 0.100. The molecular weight excluding hydrogens is 422 g/mol. The smallest absolute Gasteiger partial charge is 0.330 e. The van der Waals surface area contributed by atoms with Gasteiger partial charge in [0.2, 0.25) is 0 Å². The number of aromatic amines is 1. The molecule has 0 unspecified atom stereocenters. The van der Waals surface area contributed by atoms with E-state index in [1.165, 1.54) is 22.2 Å². The zero-order valence-corrected chi connectivity index (χ0v) is 19.2. The van der Waals surface area contributed by atoms with Gasteiger partial charge >= 0.3 is 5.97 Å². The van der Waals surface area contributed by atoms with Crippen LogP contribution in [0.2, 0.25) is 0 Å². The average Bonchev–Trinajstić information content (AvgIpc) is 3.28. The number of hydrogen-bond acceptors (Lipinski definition) is 3. The van der Waals surface area contributed by atoms with Gasteiger partial charge in [0.1, 0.15) is 5.75 Å². The zero-order valence-electron chi connectivity index (χ0n) is 19.2. The second-order valence-corrected chi connectivity index (χ2v) is 7.99. The zero-order chi connectivity index (χ0) is 23.5. The van der Waals surface area contributed by atoms with Gasteiger partial charge in [-0.25, -0.2) is 4.79 Å². The van der Waals surface area contributed by atoms with Crippen molar-refractivity contribution < 1.29 is 14.3 Å². The number of esters is 1. The van der Waals surface area contributed by atoms with Crippen LogP contribution in [0.5, 0.6) is 5.75 Å². The first-order chi connectivity index (χ1) is 16.7. The number of rotatable bonds is 6. The Bertz CT molecular complexity index is 1510. The lowest BCUT2D eigenvalue weighted by Crippen LogP contribution is -1.98. The largest absolute Gasteiger partial charge is 0.497 e. The molecule has 4 heteroatoms. The summed E-state index contributed by atoms with van der Waals surface area (Å²) in [6, 6.07) is 28.9. The van der Waals surface area contributed by atoms with E-state index in [0.717, 1.165) is 39.2 Å². The minimum Gasteiger partial charge on any atom is -0.497 e. The van der Waals surface area contributed by atoms with E-state index < -0.39 is 0 Å². The molecule has 0 fully saturated rings.